The van der Waals surface area contributed by atoms with Crippen molar-refractivity contribution in [1.29, 1.82) is 0 Å². The van der Waals surface area contributed by atoms with Crippen LogP contribution in [-0.4, -0.2) is 36.3 Å². The fourth-order valence-corrected chi connectivity index (χ4v) is 2.06. The highest BCUT2D eigenvalue weighted by molar-refractivity contribution is 5.86. The van der Waals surface area contributed by atoms with E-state index in [1.807, 2.05) is 0 Å². The van der Waals surface area contributed by atoms with E-state index in [4.69, 9.17) is 9.84 Å². The molecule has 10 heteroatoms. The second-order valence-corrected chi connectivity index (χ2v) is 5.45. The number of benzene rings is 2. The van der Waals surface area contributed by atoms with Gasteiger partial charge in [-0.05, 0) is 30.3 Å². The van der Waals surface area contributed by atoms with Crippen LogP contribution in [0.2, 0.25) is 0 Å². The number of hydrogen-bond acceptors (Lipinski definition) is 5. The number of para-hydroxylation sites is 1. The van der Waals surface area contributed by atoms with E-state index in [2.05, 4.69) is 15.8 Å². The maximum absolute atomic E-state index is 12.7. The molecule has 0 atom stereocenters. The van der Waals surface area contributed by atoms with Crippen molar-refractivity contribution in [2.45, 2.75) is 6.18 Å². The molecule has 0 aromatic heterocycles. The van der Waals surface area contributed by atoms with Crippen LogP contribution in [0.25, 0.3) is 0 Å². The summed E-state index contributed by atoms with van der Waals surface area (Å²) < 4.78 is 43.1. The molecule has 3 N–H and O–H groups in total. The second-order valence-electron chi connectivity index (χ2n) is 5.45. The number of ether oxygens (including phenoxy) is 1. The third-order valence-corrected chi connectivity index (χ3v) is 3.31. The van der Waals surface area contributed by atoms with Gasteiger partial charge in [-0.25, -0.2) is 10.2 Å². The Morgan fingerprint density at radius 1 is 1.14 bits per heavy atom. The van der Waals surface area contributed by atoms with Crippen LogP contribution in [0.1, 0.15) is 11.1 Å². The molecule has 0 unspecified atom stereocenters. The summed E-state index contributed by atoms with van der Waals surface area (Å²) in [5, 5.41) is 14.9. The number of carboxylic acids is 1. The lowest BCUT2D eigenvalue weighted by Crippen LogP contribution is -2.26. The first kappa shape index (κ1) is 20.7. The molecule has 0 aliphatic heterocycles. The number of anilines is 1. The number of carbonyl (C=O) groups is 2. The van der Waals surface area contributed by atoms with Crippen molar-refractivity contribution in [3.8, 4) is 5.75 Å². The van der Waals surface area contributed by atoms with Gasteiger partial charge in [-0.1, -0.05) is 18.2 Å². The summed E-state index contributed by atoms with van der Waals surface area (Å²) in [6, 6.07) is 10.9. The smallest absolute Gasteiger partial charge is 0.416 e. The zero-order chi connectivity index (χ0) is 20.6. The molecule has 2 rings (SSSR count). The molecule has 0 aliphatic rings. The maximum Gasteiger partial charge on any atom is 0.416 e. The Balaban J connectivity index is 1.89. The number of carbonyl (C=O) groups excluding carboxylic acids is 1. The predicted molar refractivity (Wildman–Crippen MR) is 95.2 cm³/mol. The van der Waals surface area contributed by atoms with Crippen LogP contribution >= 0.6 is 0 Å². The highest BCUT2D eigenvalue weighted by atomic mass is 19.4. The van der Waals surface area contributed by atoms with E-state index in [9.17, 15) is 22.8 Å². The number of alkyl halides is 3. The van der Waals surface area contributed by atoms with Crippen LogP contribution < -0.4 is 15.5 Å². The maximum atomic E-state index is 12.7. The van der Waals surface area contributed by atoms with E-state index in [0.29, 0.717) is 5.56 Å². The molecule has 1 amide bonds. The second kappa shape index (κ2) is 9.40. The fourth-order valence-electron chi connectivity index (χ4n) is 2.06. The summed E-state index contributed by atoms with van der Waals surface area (Å²) in [5.41, 5.74) is 1.97. The number of hydrogen-bond donors (Lipinski definition) is 3. The molecule has 2 aromatic rings. The van der Waals surface area contributed by atoms with Gasteiger partial charge in [-0.2, -0.15) is 18.3 Å². The third-order valence-electron chi connectivity index (χ3n) is 3.31. The summed E-state index contributed by atoms with van der Waals surface area (Å²) in [4.78, 5) is 22.3. The van der Waals surface area contributed by atoms with Gasteiger partial charge in [0.25, 0.3) is 5.91 Å². The SMILES string of the molecule is O=C(O)COc1ccccc1/C=N\NC(=O)CNc1cccc(C(F)(F)F)c1. The fraction of sp³-hybridized carbons (Fsp3) is 0.167. The lowest BCUT2D eigenvalue weighted by Gasteiger charge is -2.10. The van der Waals surface area contributed by atoms with Crippen molar-refractivity contribution >= 4 is 23.8 Å². The Bertz CT molecular complexity index is 869. The van der Waals surface area contributed by atoms with Crippen LogP contribution in [0, 0.1) is 0 Å². The van der Waals surface area contributed by atoms with Crippen LogP contribution in [0.3, 0.4) is 0 Å². The molecule has 148 valence electrons. The van der Waals surface area contributed by atoms with Gasteiger partial charge in [0, 0.05) is 11.3 Å². The minimum Gasteiger partial charge on any atom is -0.481 e. The van der Waals surface area contributed by atoms with Gasteiger partial charge in [0.05, 0.1) is 18.3 Å². The van der Waals surface area contributed by atoms with Crippen molar-refractivity contribution in [1.82, 2.24) is 5.43 Å². The van der Waals surface area contributed by atoms with Gasteiger partial charge in [-0.15, -0.1) is 0 Å². The predicted octanol–water partition coefficient (Wildman–Crippen LogP) is 2.73. The molecule has 0 saturated heterocycles. The Morgan fingerprint density at radius 3 is 2.61 bits per heavy atom. The van der Waals surface area contributed by atoms with Crippen LogP contribution in [0.5, 0.6) is 5.75 Å². The molecule has 0 radical (unpaired) electrons. The minimum absolute atomic E-state index is 0.140. The lowest BCUT2D eigenvalue weighted by atomic mass is 10.2. The summed E-state index contributed by atoms with van der Waals surface area (Å²) >= 11 is 0. The molecule has 0 heterocycles. The number of hydrazone groups is 1. The highest BCUT2D eigenvalue weighted by Crippen LogP contribution is 2.30. The van der Waals surface area contributed by atoms with Gasteiger partial charge in [-0.3, -0.25) is 4.79 Å². The zero-order valence-electron chi connectivity index (χ0n) is 14.4. The van der Waals surface area contributed by atoms with Crippen LogP contribution in [0.4, 0.5) is 18.9 Å². The average molecular weight is 395 g/mol. The molecule has 0 bridgehead atoms. The normalized spacial score (nSPS) is 11.2. The van der Waals surface area contributed by atoms with Gasteiger partial charge in [0.2, 0.25) is 0 Å². The Labute approximate surface area is 157 Å². The molecule has 0 aliphatic carbocycles. The molecule has 0 fully saturated rings. The molecule has 0 spiro atoms. The van der Waals surface area contributed by atoms with Crippen molar-refractivity contribution in [2.75, 3.05) is 18.5 Å². The molecule has 7 nitrogen and oxygen atoms in total. The van der Waals surface area contributed by atoms with Gasteiger partial charge < -0.3 is 15.2 Å². The number of nitrogens with zero attached hydrogens (tertiary/aromatic N) is 1. The average Bonchev–Trinajstić information content (AvgIpc) is 2.65. The van der Waals surface area contributed by atoms with Crippen molar-refractivity contribution in [3.63, 3.8) is 0 Å². The quantitative estimate of drug-likeness (QED) is 0.471. The number of carboxylic acid groups (broad SMARTS) is 1. The number of aliphatic carboxylic acids is 1. The number of nitrogens with one attached hydrogen (secondary N) is 2. The standard InChI is InChI=1S/C18H16F3N3O4/c19-18(20,21)13-5-3-6-14(8-13)22-10-16(25)24-23-9-12-4-1-2-7-15(12)28-11-17(26)27/h1-9,22H,10-11H2,(H,24,25)(H,26,27)/b23-9-. The third kappa shape index (κ3) is 6.63. The molecule has 28 heavy (non-hydrogen) atoms. The van der Waals surface area contributed by atoms with E-state index in [1.54, 1.807) is 24.3 Å². The van der Waals surface area contributed by atoms with E-state index in [-0.39, 0.29) is 18.0 Å². The van der Waals surface area contributed by atoms with Gasteiger partial charge in [0.15, 0.2) is 6.61 Å². The van der Waals surface area contributed by atoms with E-state index >= 15 is 0 Å². The number of halogens is 3. The summed E-state index contributed by atoms with van der Waals surface area (Å²) in [6.07, 6.45) is -3.21. The number of amides is 1. The first-order valence-electron chi connectivity index (χ1n) is 7.92. The highest BCUT2D eigenvalue weighted by Gasteiger charge is 2.30. The van der Waals surface area contributed by atoms with Crippen LogP contribution in [0.15, 0.2) is 53.6 Å². The minimum atomic E-state index is -4.47. The van der Waals surface area contributed by atoms with E-state index in [1.165, 1.54) is 18.3 Å². The van der Waals surface area contributed by atoms with Crippen molar-refractivity contribution in [2.24, 2.45) is 5.10 Å². The monoisotopic (exact) mass is 395 g/mol. The largest absolute Gasteiger partial charge is 0.481 e. The molecular weight excluding hydrogens is 379 g/mol. The molecule has 0 saturated carbocycles. The first-order valence-corrected chi connectivity index (χ1v) is 7.92. The molecule has 2 aromatic carbocycles. The Hall–Kier alpha value is -3.56. The summed E-state index contributed by atoms with van der Waals surface area (Å²) in [6.45, 7) is -0.825. The van der Waals surface area contributed by atoms with Crippen molar-refractivity contribution < 1.29 is 32.6 Å². The number of rotatable bonds is 8. The van der Waals surface area contributed by atoms with Gasteiger partial charge in [0.1, 0.15) is 5.75 Å². The van der Waals surface area contributed by atoms with Crippen LogP contribution in [-0.2, 0) is 15.8 Å². The summed E-state index contributed by atoms with van der Waals surface area (Å²) in [5.74, 6) is -1.46. The van der Waals surface area contributed by atoms with E-state index < -0.39 is 30.2 Å². The topological polar surface area (TPSA) is 100 Å². The van der Waals surface area contributed by atoms with E-state index in [0.717, 1.165) is 12.1 Å². The first-order chi connectivity index (χ1) is 13.3. The zero-order valence-corrected chi connectivity index (χ0v) is 14.4. The Kier molecular flexibility index (Phi) is 6.96. The molecular formula is C18H16F3N3O4. The lowest BCUT2D eigenvalue weighted by molar-refractivity contribution is -0.139. The van der Waals surface area contributed by atoms with Gasteiger partial charge >= 0.3 is 12.1 Å². The van der Waals surface area contributed by atoms with Crippen molar-refractivity contribution in [3.05, 3.63) is 59.7 Å². The Morgan fingerprint density at radius 2 is 1.89 bits per heavy atom. The summed E-state index contributed by atoms with van der Waals surface area (Å²) in [7, 11) is 0.